The van der Waals surface area contributed by atoms with E-state index in [1.807, 2.05) is 18.2 Å². The van der Waals surface area contributed by atoms with E-state index in [1.165, 1.54) is 11.1 Å². The van der Waals surface area contributed by atoms with Gasteiger partial charge in [-0.1, -0.05) is 6.07 Å². The number of halogens is 1. The fraction of sp³-hybridized carbons (Fsp3) is 0.143. The molecule has 0 aliphatic carbocycles. The summed E-state index contributed by atoms with van der Waals surface area (Å²) >= 11 is 8.59. The number of pyridine rings is 1. The minimum Gasteiger partial charge on any atom is -0.332 e. The molecule has 0 atom stereocenters. The molecule has 2 rings (SSSR count). The van der Waals surface area contributed by atoms with E-state index >= 15 is 0 Å². The number of anilines is 2. The van der Waals surface area contributed by atoms with Crippen LogP contribution >= 0.6 is 28.1 Å². The summed E-state index contributed by atoms with van der Waals surface area (Å²) in [5.41, 5.74) is 3.46. The third-order valence-corrected chi connectivity index (χ3v) is 3.41. The molecule has 1 aromatic carbocycles. The van der Waals surface area contributed by atoms with Crippen molar-refractivity contribution in [1.29, 1.82) is 0 Å². The molecule has 0 aliphatic heterocycles. The van der Waals surface area contributed by atoms with Gasteiger partial charge in [-0.15, -0.1) is 0 Å². The number of nitrogens with zero attached hydrogens (tertiary/aromatic N) is 1. The molecule has 2 N–H and O–H groups in total. The fourth-order valence-electron chi connectivity index (χ4n) is 1.55. The van der Waals surface area contributed by atoms with Crippen LogP contribution in [0.2, 0.25) is 0 Å². The number of nitrogens with one attached hydrogen (secondary N) is 2. The summed E-state index contributed by atoms with van der Waals surface area (Å²) in [5, 5.41) is 6.71. The number of aromatic nitrogens is 1. The number of hydrogen-bond acceptors (Lipinski definition) is 2. The first-order valence-corrected chi connectivity index (χ1v) is 7.01. The highest BCUT2D eigenvalue weighted by atomic mass is 79.9. The lowest BCUT2D eigenvalue weighted by atomic mass is 10.1. The SMILES string of the molecule is Cc1ccc(NC(=S)Nc2ccc(Br)cn2)cc1C. The van der Waals surface area contributed by atoms with E-state index in [9.17, 15) is 0 Å². The predicted octanol–water partition coefficient (Wildman–Crippen LogP) is 4.27. The van der Waals surface area contributed by atoms with Gasteiger partial charge >= 0.3 is 0 Å². The van der Waals surface area contributed by atoms with E-state index in [1.54, 1.807) is 6.20 Å². The molecule has 5 heteroatoms. The summed E-state index contributed by atoms with van der Waals surface area (Å²) in [6, 6.07) is 9.91. The van der Waals surface area contributed by atoms with Gasteiger partial charge in [0, 0.05) is 16.4 Å². The Balaban J connectivity index is 2.01. The zero-order valence-corrected chi connectivity index (χ0v) is 13.1. The molecular formula is C14H14BrN3S. The summed E-state index contributed by atoms with van der Waals surface area (Å²) in [6.45, 7) is 4.16. The van der Waals surface area contributed by atoms with Crippen molar-refractivity contribution in [2.75, 3.05) is 10.6 Å². The first-order valence-electron chi connectivity index (χ1n) is 5.81. The standard InChI is InChI=1S/C14H14BrN3S/c1-9-3-5-12(7-10(9)2)17-14(19)18-13-6-4-11(15)8-16-13/h3-8H,1-2H3,(H2,16,17,18,19). The zero-order valence-electron chi connectivity index (χ0n) is 10.7. The Labute approximate surface area is 126 Å². The van der Waals surface area contributed by atoms with Gasteiger partial charge in [0.15, 0.2) is 5.11 Å². The Morgan fingerprint density at radius 3 is 2.53 bits per heavy atom. The molecule has 0 spiro atoms. The van der Waals surface area contributed by atoms with Crippen molar-refractivity contribution in [1.82, 2.24) is 4.98 Å². The van der Waals surface area contributed by atoms with Crippen molar-refractivity contribution < 1.29 is 0 Å². The quantitative estimate of drug-likeness (QED) is 0.803. The molecule has 98 valence electrons. The summed E-state index contributed by atoms with van der Waals surface area (Å²) in [4.78, 5) is 4.21. The summed E-state index contributed by atoms with van der Waals surface area (Å²) in [7, 11) is 0. The van der Waals surface area contributed by atoms with Crippen LogP contribution in [0.15, 0.2) is 41.0 Å². The Bertz CT molecular complexity index is 596. The third kappa shape index (κ3) is 4.01. The maximum Gasteiger partial charge on any atom is 0.176 e. The number of benzene rings is 1. The second-order valence-corrected chi connectivity index (χ2v) is 5.56. The molecule has 3 nitrogen and oxygen atoms in total. The average Bonchev–Trinajstić information content (AvgIpc) is 2.37. The topological polar surface area (TPSA) is 37.0 Å². The van der Waals surface area contributed by atoms with Crippen molar-refractivity contribution in [3.63, 3.8) is 0 Å². The summed E-state index contributed by atoms with van der Waals surface area (Å²) in [5.74, 6) is 0.713. The van der Waals surface area contributed by atoms with E-state index in [4.69, 9.17) is 12.2 Å². The molecule has 0 radical (unpaired) electrons. The van der Waals surface area contributed by atoms with Gasteiger partial charge in [-0.25, -0.2) is 4.98 Å². The predicted molar refractivity (Wildman–Crippen MR) is 87.7 cm³/mol. The minimum absolute atomic E-state index is 0.526. The highest BCUT2D eigenvalue weighted by molar-refractivity contribution is 9.10. The fourth-order valence-corrected chi connectivity index (χ4v) is 2.00. The lowest BCUT2D eigenvalue weighted by Gasteiger charge is -2.11. The van der Waals surface area contributed by atoms with Gasteiger partial charge in [-0.05, 0) is 77.4 Å². The number of rotatable bonds is 2. The van der Waals surface area contributed by atoms with Crippen LogP contribution in [0.25, 0.3) is 0 Å². The van der Waals surface area contributed by atoms with E-state index < -0.39 is 0 Å². The van der Waals surface area contributed by atoms with Gasteiger partial charge < -0.3 is 10.6 Å². The first-order chi connectivity index (χ1) is 9.04. The molecule has 0 amide bonds. The van der Waals surface area contributed by atoms with Crippen LogP contribution in [0.4, 0.5) is 11.5 Å². The molecule has 1 heterocycles. The molecule has 0 aliphatic rings. The van der Waals surface area contributed by atoms with E-state index in [2.05, 4.69) is 57.5 Å². The van der Waals surface area contributed by atoms with E-state index in [-0.39, 0.29) is 0 Å². The maximum atomic E-state index is 5.25. The van der Waals surface area contributed by atoms with Gasteiger partial charge in [0.25, 0.3) is 0 Å². The van der Waals surface area contributed by atoms with Gasteiger partial charge in [0.1, 0.15) is 5.82 Å². The molecule has 19 heavy (non-hydrogen) atoms. The lowest BCUT2D eigenvalue weighted by molar-refractivity contribution is 1.30. The molecule has 0 bridgehead atoms. The number of aryl methyl sites for hydroxylation is 2. The summed E-state index contributed by atoms with van der Waals surface area (Å²) in [6.07, 6.45) is 1.72. The van der Waals surface area contributed by atoms with Gasteiger partial charge in [0.05, 0.1) is 0 Å². The van der Waals surface area contributed by atoms with Gasteiger partial charge in [-0.3, -0.25) is 0 Å². The largest absolute Gasteiger partial charge is 0.332 e. The Morgan fingerprint density at radius 2 is 1.89 bits per heavy atom. The minimum atomic E-state index is 0.526. The summed E-state index contributed by atoms with van der Waals surface area (Å²) < 4.78 is 0.936. The van der Waals surface area contributed by atoms with Crippen LogP contribution < -0.4 is 10.6 Å². The molecule has 0 fully saturated rings. The Hall–Kier alpha value is -1.46. The van der Waals surface area contributed by atoms with Crippen molar-refractivity contribution >= 4 is 44.8 Å². The zero-order chi connectivity index (χ0) is 13.8. The van der Waals surface area contributed by atoms with Gasteiger partial charge in [-0.2, -0.15) is 0 Å². The molecule has 1 aromatic heterocycles. The second-order valence-electron chi connectivity index (χ2n) is 4.24. The van der Waals surface area contributed by atoms with E-state index in [0.717, 1.165) is 10.2 Å². The maximum absolute atomic E-state index is 5.25. The van der Waals surface area contributed by atoms with Crippen molar-refractivity contribution in [3.05, 3.63) is 52.1 Å². The van der Waals surface area contributed by atoms with Crippen LogP contribution in [0.1, 0.15) is 11.1 Å². The Morgan fingerprint density at radius 1 is 1.11 bits per heavy atom. The van der Waals surface area contributed by atoms with Crippen molar-refractivity contribution in [2.45, 2.75) is 13.8 Å². The van der Waals surface area contributed by atoms with Crippen LogP contribution in [0.5, 0.6) is 0 Å². The monoisotopic (exact) mass is 335 g/mol. The normalized spacial score (nSPS) is 10.1. The van der Waals surface area contributed by atoms with Crippen molar-refractivity contribution in [3.8, 4) is 0 Å². The van der Waals surface area contributed by atoms with Crippen LogP contribution in [0, 0.1) is 13.8 Å². The highest BCUT2D eigenvalue weighted by Gasteiger charge is 2.01. The molecule has 2 aromatic rings. The van der Waals surface area contributed by atoms with Crippen molar-refractivity contribution in [2.24, 2.45) is 0 Å². The van der Waals surface area contributed by atoms with Crippen LogP contribution in [0.3, 0.4) is 0 Å². The third-order valence-electron chi connectivity index (χ3n) is 2.73. The number of thiocarbonyl (C=S) groups is 1. The number of hydrogen-bond donors (Lipinski definition) is 2. The average molecular weight is 336 g/mol. The molecular weight excluding hydrogens is 322 g/mol. The van der Waals surface area contributed by atoms with Crippen LogP contribution in [-0.2, 0) is 0 Å². The molecule has 0 saturated heterocycles. The Kier molecular flexibility index (Phi) is 4.50. The second kappa shape index (κ2) is 6.12. The van der Waals surface area contributed by atoms with E-state index in [0.29, 0.717) is 10.9 Å². The molecule has 0 unspecified atom stereocenters. The highest BCUT2D eigenvalue weighted by Crippen LogP contribution is 2.15. The smallest absolute Gasteiger partial charge is 0.176 e. The molecule has 0 saturated carbocycles. The van der Waals surface area contributed by atoms with Crippen LogP contribution in [-0.4, -0.2) is 10.1 Å². The lowest BCUT2D eigenvalue weighted by Crippen LogP contribution is -2.19. The van der Waals surface area contributed by atoms with Gasteiger partial charge in [0.2, 0.25) is 0 Å². The first kappa shape index (κ1) is 14.0.